The van der Waals surface area contributed by atoms with Gasteiger partial charge in [-0.1, -0.05) is 55.8 Å². The van der Waals surface area contributed by atoms with E-state index >= 15 is 0 Å². The molecule has 0 aliphatic heterocycles. The Labute approximate surface area is 111 Å². The van der Waals surface area contributed by atoms with Gasteiger partial charge >= 0.3 is 0 Å². The number of aliphatic hydroxyl groups is 1. The van der Waals surface area contributed by atoms with Crippen LogP contribution in [0.1, 0.15) is 44.6 Å². The van der Waals surface area contributed by atoms with Crippen LogP contribution in [0.2, 0.25) is 0 Å². The summed E-state index contributed by atoms with van der Waals surface area (Å²) in [5.41, 5.74) is 1.25. The number of hydrogen-bond donors (Lipinski definition) is 1. The van der Waals surface area contributed by atoms with Crippen molar-refractivity contribution >= 4 is 6.08 Å². The fourth-order valence-electron chi connectivity index (χ4n) is 2.91. The molecule has 0 aromatic heterocycles. The molecule has 0 heterocycles. The van der Waals surface area contributed by atoms with Crippen LogP contribution in [-0.2, 0) is 0 Å². The maximum Gasteiger partial charge on any atom is 0.0571 e. The number of benzene rings is 1. The van der Waals surface area contributed by atoms with Crippen molar-refractivity contribution in [2.24, 2.45) is 11.8 Å². The second-order valence-electron chi connectivity index (χ2n) is 5.46. The van der Waals surface area contributed by atoms with E-state index in [4.69, 9.17) is 0 Å². The van der Waals surface area contributed by atoms with Crippen molar-refractivity contribution in [3.8, 4) is 0 Å². The lowest BCUT2D eigenvalue weighted by Crippen LogP contribution is -2.28. The Morgan fingerprint density at radius 2 is 2.00 bits per heavy atom. The summed E-state index contributed by atoms with van der Waals surface area (Å²) in [6.45, 7) is 2.26. The van der Waals surface area contributed by atoms with Crippen LogP contribution in [0.4, 0.5) is 0 Å². The lowest BCUT2D eigenvalue weighted by molar-refractivity contribution is 0.0489. The summed E-state index contributed by atoms with van der Waals surface area (Å²) in [5, 5.41) is 10.0. The van der Waals surface area contributed by atoms with Crippen LogP contribution in [0.3, 0.4) is 0 Å². The molecule has 1 fully saturated rings. The molecule has 1 saturated carbocycles. The van der Waals surface area contributed by atoms with Gasteiger partial charge in [-0.15, -0.1) is 0 Å². The molecular formula is C17H24O. The van der Waals surface area contributed by atoms with Gasteiger partial charge in [0, 0.05) is 0 Å². The van der Waals surface area contributed by atoms with Crippen molar-refractivity contribution in [2.45, 2.75) is 45.1 Å². The average molecular weight is 244 g/mol. The Morgan fingerprint density at radius 3 is 2.72 bits per heavy atom. The van der Waals surface area contributed by atoms with Crippen LogP contribution in [0, 0.1) is 11.8 Å². The first-order chi connectivity index (χ1) is 8.79. The van der Waals surface area contributed by atoms with Crippen molar-refractivity contribution in [3.63, 3.8) is 0 Å². The smallest absolute Gasteiger partial charge is 0.0571 e. The van der Waals surface area contributed by atoms with Crippen molar-refractivity contribution < 1.29 is 5.11 Å². The van der Waals surface area contributed by atoms with Gasteiger partial charge in [0.1, 0.15) is 0 Å². The third kappa shape index (κ3) is 3.71. The minimum atomic E-state index is -0.0896. The molecule has 1 aliphatic rings. The summed E-state index contributed by atoms with van der Waals surface area (Å²) < 4.78 is 0. The molecule has 0 radical (unpaired) electrons. The molecule has 1 nitrogen and oxygen atoms in total. The van der Waals surface area contributed by atoms with E-state index in [0.29, 0.717) is 5.92 Å². The lowest BCUT2D eigenvalue weighted by atomic mass is 9.77. The molecular weight excluding hydrogens is 220 g/mol. The number of allylic oxidation sites excluding steroid dienone is 1. The highest BCUT2D eigenvalue weighted by Gasteiger charge is 2.27. The minimum absolute atomic E-state index is 0.0896. The highest BCUT2D eigenvalue weighted by atomic mass is 16.3. The number of rotatable bonds is 4. The normalized spacial score (nSPS) is 28.7. The predicted octanol–water partition coefficient (Wildman–Crippen LogP) is 4.28. The van der Waals surface area contributed by atoms with Crippen molar-refractivity contribution in [1.29, 1.82) is 0 Å². The van der Waals surface area contributed by atoms with E-state index in [-0.39, 0.29) is 6.10 Å². The topological polar surface area (TPSA) is 20.2 Å². The standard InChI is InChI=1S/C17H24O/c1-2-14-11-12-17(18)16(13-14)10-6-9-15-7-4-3-5-8-15/h3-9,14,16-18H,2,10-13H2,1H3. The third-order valence-electron chi connectivity index (χ3n) is 4.18. The summed E-state index contributed by atoms with van der Waals surface area (Å²) in [7, 11) is 0. The zero-order chi connectivity index (χ0) is 12.8. The first kappa shape index (κ1) is 13.4. The third-order valence-corrected chi connectivity index (χ3v) is 4.18. The van der Waals surface area contributed by atoms with E-state index in [2.05, 4.69) is 43.3 Å². The van der Waals surface area contributed by atoms with Crippen LogP contribution < -0.4 is 0 Å². The summed E-state index contributed by atoms with van der Waals surface area (Å²) in [4.78, 5) is 0. The summed E-state index contributed by atoms with van der Waals surface area (Å²) in [5.74, 6) is 1.28. The summed E-state index contributed by atoms with van der Waals surface area (Å²) >= 11 is 0. The molecule has 0 amide bonds. The van der Waals surface area contributed by atoms with Gasteiger partial charge in [0.2, 0.25) is 0 Å². The lowest BCUT2D eigenvalue weighted by Gasteiger charge is -2.32. The van der Waals surface area contributed by atoms with E-state index < -0.39 is 0 Å². The first-order valence-corrected chi connectivity index (χ1v) is 7.19. The molecule has 2 rings (SSSR count). The van der Waals surface area contributed by atoms with Crippen LogP contribution in [0.25, 0.3) is 6.08 Å². The highest BCUT2D eigenvalue weighted by Crippen LogP contribution is 2.33. The Bertz CT molecular complexity index is 368. The maximum atomic E-state index is 10.0. The Morgan fingerprint density at radius 1 is 1.22 bits per heavy atom. The van der Waals surface area contributed by atoms with Gasteiger partial charge in [0.25, 0.3) is 0 Å². The van der Waals surface area contributed by atoms with E-state index in [1.807, 2.05) is 6.07 Å². The van der Waals surface area contributed by atoms with Crippen LogP contribution in [0.15, 0.2) is 36.4 Å². The number of aliphatic hydroxyl groups excluding tert-OH is 1. The van der Waals surface area contributed by atoms with E-state index in [1.165, 1.54) is 24.8 Å². The Kier molecular flexibility index (Phi) is 5.00. The Balaban J connectivity index is 1.87. The van der Waals surface area contributed by atoms with Crippen LogP contribution in [-0.4, -0.2) is 11.2 Å². The average Bonchev–Trinajstić information content (AvgIpc) is 2.42. The van der Waals surface area contributed by atoms with Crippen LogP contribution >= 0.6 is 0 Å². The SMILES string of the molecule is CCC1CCC(O)C(CC=Cc2ccccc2)C1. The monoisotopic (exact) mass is 244 g/mol. The molecule has 3 atom stereocenters. The highest BCUT2D eigenvalue weighted by molar-refractivity contribution is 5.48. The fraction of sp³-hybridized carbons (Fsp3) is 0.529. The van der Waals surface area contributed by atoms with Gasteiger partial charge < -0.3 is 5.11 Å². The van der Waals surface area contributed by atoms with Gasteiger partial charge in [-0.25, -0.2) is 0 Å². The predicted molar refractivity (Wildman–Crippen MR) is 77.2 cm³/mol. The molecule has 1 aliphatic carbocycles. The largest absolute Gasteiger partial charge is 0.393 e. The van der Waals surface area contributed by atoms with Gasteiger partial charge in [-0.3, -0.25) is 0 Å². The second kappa shape index (κ2) is 6.75. The van der Waals surface area contributed by atoms with E-state index in [1.54, 1.807) is 0 Å². The van der Waals surface area contributed by atoms with Crippen molar-refractivity contribution in [3.05, 3.63) is 42.0 Å². The molecule has 1 aromatic carbocycles. The van der Waals surface area contributed by atoms with Gasteiger partial charge in [-0.2, -0.15) is 0 Å². The van der Waals surface area contributed by atoms with Crippen molar-refractivity contribution in [2.75, 3.05) is 0 Å². The molecule has 0 bridgehead atoms. The minimum Gasteiger partial charge on any atom is -0.393 e. The molecule has 0 spiro atoms. The molecule has 18 heavy (non-hydrogen) atoms. The van der Waals surface area contributed by atoms with E-state index in [0.717, 1.165) is 18.8 Å². The van der Waals surface area contributed by atoms with Crippen LogP contribution in [0.5, 0.6) is 0 Å². The summed E-state index contributed by atoms with van der Waals surface area (Å²) in [6, 6.07) is 10.4. The molecule has 1 aromatic rings. The van der Waals surface area contributed by atoms with Gasteiger partial charge in [0.15, 0.2) is 0 Å². The fourth-order valence-corrected chi connectivity index (χ4v) is 2.91. The van der Waals surface area contributed by atoms with E-state index in [9.17, 15) is 5.11 Å². The Hall–Kier alpha value is -1.08. The zero-order valence-electron chi connectivity index (χ0n) is 11.3. The molecule has 3 unspecified atom stereocenters. The van der Waals surface area contributed by atoms with Gasteiger partial charge in [-0.05, 0) is 43.1 Å². The maximum absolute atomic E-state index is 10.0. The zero-order valence-corrected chi connectivity index (χ0v) is 11.3. The van der Waals surface area contributed by atoms with Crippen molar-refractivity contribution in [1.82, 2.24) is 0 Å². The molecule has 0 saturated heterocycles. The molecule has 1 N–H and O–H groups in total. The summed E-state index contributed by atoms with van der Waals surface area (Å²) in [6.07, 6.45) is 9.95. The molecule has 1 heteroatoms. The number of hydrogen-bond acceptors (Lipinski definition) is 1. The molecule has 98 valence electrons. The van der Waals surface area contributed by atoms with Gasteiger partial charge in [0.05, 0.1) is 6.10 Å². The second-order valence-corrected chi connectivity index (χ2v) is 5.46. The quantitative estimate of drug-likeness (QED) is 0.838. The first-order valence-electron chi connectivity index (χ1n) is 7.19.